The van der Waals surface area contributed by atoms with Crippen LogP contribution in [0.15, 0.2) is 46.2 Å². The Balaban J connectivity index is 2.19. The summed E-state index contributed by atoms with van der Waals surface area (Å²) in [5.74, 6) is -1.00. The molecule has 2 aromatic rings. The van der Waals surface area contributed by atoms with Crippen LogP contribution in [-0.2, 0) is 21.2 Å². The first-order valence-electron chi connectivity index (χ1n) is 5.67. The van der Waals surface area contributed by atoms with Gasteiger partial charge in [-0.3, -0.25) is 19.5 Å². The number of pyridine rings is 2. The highest BCUT2D eigenvalue weighted by atomic mass is 79.9. The van der Waals surface area contributed by atoms with Crippen molar-refractivity contribution in [3.05, 3.63) is 47.0 Å². The van der Waals surface area contributed by atoms with Gasteiger partial charge < -0.3 is 5.11 Å². The Kier molecular flexibility index (Phi) is 4.53. The molecule has 0 atom stereocenters. The van der Waals surface area contributed by atoms with Crippen molar-refractivity contribution < 1.29 is 18.3 Å². The van der Waals surface area contributed by atoms with E-state index in [-0.39, 0.29) is 17.0 Å². The van der Waals surface area contributed by atoms with E-state index in [1.54, 1.807) is 0 Å². The molecule has 0 bridgehead atoms. The first kappa shape index (κ1) is 15.4. The van der Waals surface area contributed by atoms with Crippen LogP contribution in [0, 0.1) is 0 Å². The molecule has 0 unspecified atom stereocenters. The zero-order valence-electron chi connectivity index (χ0n) is 10.5. The third-order valence-corrected chi connectivity index (χ3v) is 4.18. The fourth-order valence-electron chi connectivity index (χ4n) is 1.50. The smallest absolute Gasteiger partial charge is 0.309 e. The molecule has 0 saturated heterocycles. The lowest BCUT2D eigenvalue weighted by Crippen LogP contribution is -2.13. The van der Waals surface area contributed by atoms with E-state index in [9.17, 15) is 13.2 Å². The zero-order valence-corrected chi connectivity index (χ0v) is 12.9. The SMILES string of the molecule is O=C(O)Cc1ccc(NS(=O)(=O)c2cncc(Br)c2)cn1. The fraction of sp³-hybridized carbons (Fsp3) is 0.0833. The van der Waals surface area contributed by atoms with E-state index in [1.807, 2.05) is 0 Å². The van der Waals surface area contributed by atoms with Gasteiger partial charge in [0.1, 0.15) is 4.90 Å². The molecule has 0 aliphatic carbocycles. The summed E-state index contributed by atoms with van der Waals surface area (Å²) in [5.41, 5.74) is 0.582. The van der Waals surface area contributed by atoms with Gasteiger partial charge >= 0.3 is 5.97 Å². The molecule has 0 radical (unpaired) electrons. The normalized spacial score (nSPS) is 11.1. The number of sulfonamides is 1. The van der Waals surface area contributed by atoms with Gasteiger partial charge in [0, 0.05) is 16.9 Å². The quantitative estimate of drug-likeness (QED) is 0.826. The van der Waals surface area contributed by atoms with Crippen LogP contribution < -0.4 is 4.72 Å². The monoisotopic (exact) mass is 371 g/mol. The summed E-state index contributed by atoms with van der Waals surface area (Å²) in [6.45, 7) is 0. The molecule has 0 aromatic carbocycles. The summed E-state index contributed by atoms with van der Waals surface area (Å²) in [5, 5.41) is 8.63. The van der Waals surface area contributed by atoms with E-state index in [0.717, 1.165) is 0 Å². The number of carboxylic acid groups (broad SMARTS) is 1. The average molecular weight is 372 g/mol. The second-order valence-corrected chi connectivity index (χ2v) is 6.65. The van der Waals surface area contributed by atoms with Crippen molar-refractivity contribution in [2.75, 3.05) is 4.72 Å². The van der Waals surface area contributed by atoms with Crippen molar-refractivity contribution in [1.29, 1.82) is 0 Å². The summed E-state index contributed by atoms with van der Waals surface area (Å²) < 4.78 is 27.1. The number of anilines is 1. The average Bonchev–Trinajstić information content (AvgIpc) is 2.40. The maximum absolute atomic E-state index is 12.1. The lowest BCUT2D eigenvalue weighted by molar-refractivity contribution is -0.136. The number of aromatic nitrogens is 2. The highest BCUT2D eigenvalue weighted by molar-refractivity contribution is 9.10. The van der Waals surface area contributed by atoms with E-state index in [1.165, 1.54) is 36.8 Å². The Bertz CT molecular complexity index is 762. The first-order chi connectivity index (χ1) is 9.87. The minimum atomic E-state index is -3.77. The van der Waals surface area contributed by atoms with Crippen molar-refractivity contribution >= 4 is 37.6 Å². The second kappa shape index (κ2) is 6.19. The standard InChI is InChI=1S/C12H10BrN3O4S/c13-8-3-11(7-14-5-8)21(19,20)16-10-2-1-9(15-6-10)4-12(17)18/h1-3,5-7,16H,4H2,(H,17,18). The fourth-order valence-corrected chi connectivity index (χ4v) is 3.04. The minimum absolute atomic E-state index is 0.00601. The van der Waals surface area contributed by atoms with Crippen LogP contribution in [0.3, 0.4) is 0 Å². The molecule has 0 saturated carbocycles. The number of carboxylic acids is 1. The Labute approximate surface area is 129 Å². The van der Waals surface area contributed by atoms with E-state index < -0.39 is 16.0 Å². The highest BCUT2D eigenvalue weighted by Gasteiger charge is 2.15. The van der Waals surface area contributed by atoms with Crippen LogP contribution in [0.4, 0.5) is 5.69 Å². The molecule has 9 heteroatoms. The first-order valence-corrected chi connectivity index (χ1v) is 7.94. The highest BCUT2D eigenvalue weighted by Crippen LogP contribution is 2.18. The van der Waals surface area contributed by atoms with Crippen LogP contribution >= 0.6 is 15.9 Å². The van der Waals surface area contributed by atoms with Crippen molar-refractivity contribution in [3.63, 3.8) is 0 Å². The van der Waals surface area contributed by atoms with Crippen molar-refractivity contribution in [1.82, 2.24) is 9.97 Å². The maximum Gasteiger partial charge on any atom is 0.309 e. The third kappa shape index (κ3) is 4.23. The van der Waals surface area contributed by atoms with Crippen LogP contribution in [0.5, 0.6) is 0 Å². The molecule has 110 valence electrons. The predicted molar refractivity (Wildman–Crippen MR) is 78.3 cm³/mol. The van der Waals surface area contributed by atoms with E-state index in [0.29, 0.717) is 10.2 Å². The number of hydrogen-bond acceptors (Lipinski definition) is 5. The van der Waals surface area contributed by atoms with Gasteiger partial charge in [0.25, 0.3) is 10.0 Å². The number of nitrogens with zero attached hydrogens (tertiary/aromatic N) is 2. The predicted octanol–water partition coefficient (Wildman–Crippen LogP) is 1.67. The molecule has 21 heavy (non-hydrogen) atoms. The molecule has 2 rings (SSSR count). The zero-order chi connectivity index (χ0) is 15.5. The largest absolute Gasteiger partial charge is 0.481 e. The van der Waals surface area contributed by atoms with Gasteiger partial charge in [-0.2, -0.15) is 0 Å². The van der Waals surface area contributed by atoms with Gasteiger partial charge in [0.15, 0.2) is 0 Å². The Morgan fingerprint density at radius 1 is 1.29 bits per heavy atom. The topological polar surface area (TPSA) is 109 Å². The van der Waals surface area contributed by atoms with Crippen LogP contribution in [0.2, 0.25) is 0 Å². The summed E-state index contributed by atoms with van der Waals surface area (Å²) in [6, 6.07) is 4.32. The molecular weight excluding hydrogens is 362 g/mol. The molecule has 0 aliphatic rings. The van der Waals surface area contributed by atoms with Gasteiger partial charge in [0.2, 0.25) is 0 Å². The van der Waals surface area contributed by atoms with E-state index in [2.05, 4.69) is 30.6 Å². The number of hydrogen-bond donors (Lipinski definition) is 2. The number of aliphatic carboxylic acids is 1. The molecule has 2 aromatic heterocycles. The number of halogens is 1. The van der Waals surface area contributed by atoms with Crippen LogP contribution in [0.25, 0.3) is 0 Å². The number of carbonyl (C=O) groups is 1. The molecule has 0 aliphatic heterocycles. The molecular formula is C12H10BrN3O4S. The summed E-state index contributed by atoms with van der Waals surface area (Å²) in [7, 11) is -3.77. The Morgan fingerprint density at radius 2 is 2.05 bits per heavy atom. The third-order valence-electron chi connectivity index (χ3n) is 2.40. The Hall–Kier alpha value is -2.00. The summed E-state index contributed by atoms with van der Waals surface area (Å²) in [4.78, 5) is 18.2. The number of nitrogens with one attached hydrogen (secondary N) is 1. The summed E-state index contributed by atoms with van der Waals surface area (Å²) in [6.07, 6.45) is 3.74. The minimum Gasteiger partial charge on any atom is -0.481 e. The Morgan fingerprint density at radius 3 is 2.62 bits per heavy atom. The lowest BCUT2D eigenvalue weighted by atomic mass is 10.3. The van der Waals surface area contributed by atoms with Gasteiger partial charge in [-0.15, -0.1) is 0 Å². The van der Waals surface area contributed by atoms with E-state index in [4.69, 9.17) is 5.11 Å². The van der Waals surface area contributed by atoms with Crippen molar-refractivity contribution in [2.24, 2.45) is 0 Å². The van der Waals surface area contributed by atoms with Gasteiger partial charge in [-0.1, -0.05) is 0 Å². The van der Waals surface area contributed by atoms with Crippen LogP contribution in [0.1, 0.15) is 5.69 Å². The van der Waals surface area contributed by atoms with Gasteiger partial charge in [-0.25, -0.2) is 8.42 Å². The molecule has 7 nitrogen and oxygen atoms in total. The van der Waals surface area contributed by atoms with Gasteiger partial charge in [0.05, 0.1) is 24.0 Å². The molecule has 2 heterocycles. The second-order valence-electron chi connectivity index (χ2n) is 4.05. The summed E-state index contributed by atoms with van der Waals surface area (Å²) >= 11 is 3.15. The van der Waals surface area contributed by atoms with E-state index >= 15 is 0 Å². The van der Waals surface area contributed by atoms with Gasteiger partial charge in [-0.05, 0) is 34.1 Å². The number of rotatable bonds is 5. The molecule has 0 amide bonds. The lowest BCUT2D eigenvalue weighted by Gasteiger charge is -2.08. The van der Waals surface area contributed by atoms with Crippen molar-refractivity contribution in [3.8, 4) is 0 Å². The van der Waals surface area contributed by atoms with Crippen LogP contribution in [-0.4, -0.2) is 29.5 Å². The molecule has 0 spiro atoms. The molecule has 0 fully saturated rings. The van der Waals surface area contributed by atoms with Crippen molar-refractivity contribution in [2.45, 2.75) is 11.3 Å². The maximum atomic E-state index is 12.1. The molecule has 2 N–H and O–H groups in total.